The van der Waals surface area contributed by atoms with Gasteiger partial charge in [0.1, 0.15) is 0 Å². The molecule has 0 spiro atoms. The number of methoxy groups -OCH3 is 1. The number of carbonyl (C=O) groups is 1. The normalized spacial score (nSPS) is 10.5. The van der Waals surface area contributed by atoms with Crippen LogP contribution in [0, 0.1) is 20.8 Å². The highest BCUT2D eigenvalue weighted by atomic mass is 79.9. The molecular weight excluding hydrogens is 456 g/mol. The predicted molar refractivity (Wildman–Crippen MR) is 129 cm³/mol. The standard InChI is InChI=1S/C25H27BrN2O3/c1-16-6-5-7-21(10-16)28-24(29)15-31-25-22(26)12-19(13-23(25)30-4)14-27-20-9-8-17(2)18(3)11-20/h5-13,27H,14-15H2,1-4H3,(H,28,29). The van der Waals surface area contributed by atoms with Gasteiger partial charge in [-0.15, -0.1) is 0 Å². The van der Waals surface area contributed by atoms with Gasteiger partial charge < -0.3 is 20.1 Å². The minimum Gasteiger partial charge on any atom is -0.493 e. The third kappa shape index (κ3) is 6.25. The van der Waals surface area contributed by atoms with Crippen LogP contribution >= 0.6 is 15.9 Å². The van der Waals surface area contributed by atoms with Gasteiger partial charge in [0.15, 0.2) is 18.1 Å². The molecule has 3 aromatic carbocycles. The van der Waals surface area contributed by atoms with Crippen molar-refractivity contribution in [2.75, 3.05) is 24.4 Å². The third-order valence-corrected chi connectivity index (χ3v) is 5.53. The fourth-order valence-corrected chi connectivity index (χ4v) is 3.73. The number of carbonyl (C=O) groups excluding carboxylic acids is 1. The smallest absolute Gasteiger partial charge is 0.262 e. The molecule has 0 saturated carbocycles. The molecule has 1 amide bonds. The zero-order valence-electron chi connectivity index (χ0n) is 18.2. The summed E-state index contributed by atoms with van der Waals surface area (Å²) in [5.41, 5.74) is 6.42. The van der Waals surface area contributed by atoms with Crippen molar-refractivity contribution in [2.24, 2.45) is 0 Å². The number of ether oxygens (including phenoxy) is 2. The van der Waals surface area contributed by atoms with Gasteiger partial charge in [-0.05, 0) is 95.4 Å². The molecule has 2 N–H and O–H groups in total. The predicted octanol–water partition coefficient (Wildman–Crippen LogP) is 6.01. The van der Waals surface area contributed by atoms with Crippen molar-refractivity contribution in [3.8, 4) is 11.5 Å². The molecule has 0 bridgehead atoms. The van der Waals surface area contributed by atoms with Crippen LogP contribution in [0.15, 0.2) is 59.1 Å². The number of rotatable bonds is 8. The van der Waals surface area contributed by atoms with Crippen LogP contribution in [0.4, 0.5) is 11.4 Å². The highest BCUT2D eigenvalue weighted by Crippen LogP contribution is 2.37. The quantitative estimate of drug-likeness (QED) is 0.412. The van der Waals surface area contributed by atoms with Crippen molar-refractivity contribution in [1.29, 1.82) is 0 Å². The Bertz CT molecular complexity index is 1080. The monoisotopic (exact) mass is 482 g/mol. The highest BCUT2D eigenvalue weighted by molar-refractivity contribution is 9.10. The molecular formula is C25H27BrN2O3. The number of aryl methyl sites for hydroxylation is 3. The average molecular weight is 483 g/mol. The Labute approximate surface area is 191 Å². The summed E-state index contributed by atoms with van der Waals surface area (Å²) in [6, 6.07) is 17.8. The number of benzene rings is 3. The topological polar surface area (TPSA) is 59.6 Å². The molecule has 0 aromatic heterocycles. The second-order valence-corrected chi connectivity index (χ2v) is 8.32. The SMILES string of the molecule is COc1cc(CNc2ccc(C)c(C)c2)cc(Br)c1OCC(=O)Nc1cccc(C)c1. The van der Waals surface area contributed by atoms with Crippen LogP contribution in [0.25, 0.3) is 0 Å². The molecule has 0 aliphatic heterocycles. The van der Waals surface area contributed by atoms with Crippen LogP contribution in [0.2, 0.25) is 0 Å². The number of hydrogen-bond donors (Lipinski definition) is 2. The summed E-state index contributed by atoms with van der Waals surface area (Å²) in [6.45, 7) is 6.68. The van der Waals surface area contributed by atoms with Crippen LogP contribution in [0.3, 0.4) is 0 Å². The second-order valence-electron chi connectivity index (χ2n) is 7.47. The van der Waals surface area contributed by atoms with Crippen molar-refractivity contribution in [3.05, 3.63) is 81.3 Å². The van der Waals surface area contributed by atoms with E-state index in [1.165, 1.54) is 11.1 Å². The molecule has 162 valence electrons. The Morgan fingerprint density at radius 1 is 0.968 bits per heavy atom. The molecule has 0 saturated heterocycles. The maximum absolute atomic E-state index is 12.3. The summed E-state index contributed by atoms with van der Waals surface area (Å²) >= 11 is 3.55. The molecule has 31 heavy (non-hydrogen) atoms. The van der Waals surface area contributed by atoms with Crippen LogP contribution in [0.1, 0.15) is 22.3 Å². The number of amides is 1. The lowest BCUT2D eigenvalue weighted by atomic mass is 10.1. The summed E-state index contributed by atoms with van der Waals surface area (Å²) in [6.07, 6.45) is 0. The Hall–Kier alpha value is -2.99. The average Bonchev–Trinajstić information content (AvgIpc) is 2.73. The summed E-state index contributed by atoms with van der Waals surface area (Å²) in [7, 11) is 1.59. The lowest BCUT2D eigenvalue weighted by Crippen LogP contribution is -2.20. The fourth-order valence-electron chi connectivity index (χ4n) is 3.13. The van der Waals surface area contributed by atoms with Crippen LogP contribution in [-0.2, 0) is 11.3 Å². The van der Waals surface area contributed by atoms with Gasteiger partial charge in [-0.1, -0.05) is 18.2 Å². The fraction of sp³-hybridized carbons (Fsp3) is 0.240. The molecule has 0 aliphatic carbocycles. The highest BCUT2D eigenvalue weighted by Gasteiger charge is 2.14. The molecule has 6 heteroatoms. The molecule has 3 rings (SSSR count). The minimum absolute atomic E-state index is 0.122. The van der Waals surface area contributed by atoms with Gasteiger partial charge in [-0.3, -0.25) is 4.79 Å². The Kier molecular flexibility index (Phi) is 7.58. The van der Waals surface area contributed by atoms with Crippen molar-refractivity contribution in [1.82, 2.24) is 0 Å². The lowest BCUT2D eigenvalue weighted by Gasteiger charge is -2.15. The molecule has 5 nitrogen and oxygen atoms in total. The van der Waals surface area contributed by atoms with Gasteiger partial charge in [-0.2, -0.15) is 0 Å². The largest absolute Gasteiger partial charge is 0.493 e. The third-order valence-electron chi connectivity index (χ3n) is 4.94. The zero-order chi connectivity index (χ0) is 22.4. The van der Waals surface area contributed by atoms with E-state index in [2.05, 4.69) is 58.6 Å². The van der Waals surface area contributed by atoms with Gasteiger partial charge in [0.2, 0.25) is 0 Å². The number of nitrogens with one attached hydrogen (secondary N) is 2. The van der Waals surface area contributed by atoms with E-state index in [1.54, 1.807) is 7.11 Å². The van der Waals surface area contributed by atoms with E-state index < -0.39 is 0 Å². The first kappa shape index (κ1) is 22.7. The van der Waals surface area contributed by atoms with Crippen molar-refractivity contribution < 1.29 is 14.3 Å². The maximum atomic E-state index is 12.3. The summed E-state index contributed by atoms with van der Waals surface area (Å²) in [5.74, 6) is 0.825. The van der Waals surface area contributed by atoms with Crippen LogP contribution in [0.5, 0.6) is 11.5 Å². The molecule has 0 heterocycles. The van der Waals surface area contributed by atoms with E-state index in [0.717, 1.165) is 27.0 Å². The maximum Gasteiger partial charge on any atom is 0.262 e. The van der Waals surface area contributed by atoms with Crippen molar-refractivity contribution in [3.63, 3.8) is 0 Å². The number of halogens is 1. The summed E-state index contributed by atoms with van der Waals surface area (Å²) in [4.78, 5) is 12.3. The minimum atomic E-state index is -0.236. The van der Waals surface area contributed by atoms with E-state index in [-0.39, 0.29) is 12.5 Å². The summed E-state index contributed by atoms with van der Waals surface area (Å²) in [5, 5.41) is 6.27. The molecule has 0 unspecified atom stereocenters. The van der Waals surface area contributed by atoms with Gasteiger partial charge in [0.05, 0.1) is 11.6 Å². The first-order valence-corrected chi connectivity index (χ1v) is 10.8. The van der Waals surface area contributed by atoms with E-state index in [4.69, 9.17) is 9.47 Å². The Balaban J connectivity index is 1.64. The van der Waals surface area contributed by atoms with Crippen LogP contribution < -0.4 is 20.1 Å². The Morgan fingerprint density at radius 2 is 1.77 bits per heavy atom. The Morgan fingerprint density at radius 3 is 2.48 bits per heavy atom. The van der Waals surface area contributed by atoms with E-state index in [0.29, 0.717) is 18.0 Å². The zero-order valence-corrected chi connectivity index (χ0v) is 19.8. The number of hydrogen-bond acceptors (Lipinski definition) is 4. The molecule has 0 radical (unpaired) electrons. The van der Waals surface area contributed by atoms with Gasteiger partial charge in [0, 0.05) is 17.9 Å². The molecule has 3 aromatic rings. The van der Waals surface area contributed by atoms with E-state index in [1.807, 2.05) is 43.3 Å². The first-order chi connectivity index (χ1) is 14.9. The molecule has 0 fully saturated rings. The summed E-state index contributed by atoms with van der Waals surface area (Å²) < 4.78 is 12.0. The van der Waals surface area contributed by atoms with E-state index in [9.17, 15) is 4.79 Å². The van der Waals surface area contributed by atoms with Gasteiger partial charge in [0.25, 0.3) is 5.91 Å². The van der Waals surface area contributed by atoms with Crippen molar-refractivity contribution in [2.45, 2.75) is 27.3 Å². The van der Waals surface area contributed by atoms with E-state index >= 15 is 0 Å². The van der Waals surface area contributed by atoms with Crippen molar-refractivity contribution >= 4 is 33.2 Å². The molecule has 0 aliphatic rings. The second kappa shape index (κ2) is 10.4. The molecule has 0 atom stereocenters. The van der Waals surface area contributed by atoms with Gasteiger partial charge >= 0.3 is 0 Å². The first-order valence-electron chi connectivity index (χ1n) is 10.0. The number of anilines is 2. The van der Waals surface area contributed by atoms with Crippen LogP contribution in [-0.4, -0.2) is 19.6 Å². The lowest BCUT2D eigenvalue weighted by molar-refractivity contribution is -0.118. The van der Waals surface area contributed by atoms with Gasteiger partial charge in [-0.25, -0.2) is 0 Å².